The molecule has 0 bridgehead atoms. The molecule has 18 heavy (non-hydrogen) atoms. The van der Waals surface area contributed by atoms with Gasteiger partial charge >= 0.3 is 0 Å². The SMILES string of the molecule is c1cc(NC(C2CC2)C2CC2)c2ccncc2c1. The summed E-state index contributed by atoms with van der Waals surface area (Å²) in [5.41, 5.74) is 1.29. The lowest BCUT2D eigenvalue weighted by Gasteiger charge is -2.20. The van der Waals surface area contributed by atoms with Gasteiger partial charge in [-0.05, 0) is 49.7 Å². The first kappa shape index (κ1) is 10.4. The summed E-state index contributed by atoms with van der Waals surface area (Å²) in [6, 6.07) is 9.30. The summed E-state index contributed by atoms with van der Waals surface area (Å²) < 4.78 is 0. The van der Waals surface area contributed by atoms with Gasteiger partial charge in [0.2, 0.25) is 0 Å². The number of nitrogens with one attached hydrogen (secondary N) is 1. The number of nitrogens with zero attached hydrogens (tertiary/aromatic N) is 1. The van der Waals surface area contributed by atoms with Crippen molar-refractivity contribution in [2.24, 2.45) is 11.8 Å². The highest BCUT2D eigenvalue weighted by Gasteiger charge is 2.41. The van der Waals surface area contributed by atoms with Crippen LogP contribution in [0.4, 0.5) is 5.69 Å². The van der Waals surface area contributed by atoms with Crippen LogP contribution in [-0.2, 0) is 0 Å². The topological polar surface area (TPSA) is 24.9 Å². The lowest BCUT2D eigenvalue weighted by molar-refractivity contribution is 0.568. The molecule has 0 saturated heterocycles. The van der Waals surface area contributed by atoms with Gasteiger partial charge in [0, 0.05) is 34.9 Å². The molecule has 0 amide bonds. The Morgan fingerprint density at radius 3 is 2.56 bits per heavy atom. The van der Waals surface area contributed by atoms with Gasteiger partial charge < -0.3 is 5.32 Å². The molecule has 2 nitrogen and oxygen atoms in total. The number of aromatic nitrogens is 1. The van der Waals surface area contributed by atoms with E-state index in [1.54, 1.807) is 0 Å². The molecule has 2 aliphatic rings. The summed E-state index contributed by atoms with van der Waals surface area (Å²) in [6.45, 7) is 0. The third-order valence-electron chi connectivity index (χ3n) is 4.26. The molecular weight excluding hydrogens is 220 g/mol. The maximum Gasteiger partial charge on any atom is 0.0423 e. The molecule has 0 radical (unpaired) electrons. The zero-order valence-corrected chi connectivity index (χ0v) is 10.5. The highest BCUT2D eigenvalue weighted by atomic mass is 15.0. The normalized spacial score (nSPS) is 19.4. The molecule has 1 heterocycles. The Morgan fingerprint density at radius 1 is 1.06 bits per heavy atom. The fourth-order valence-corrected chi connectivity index (χ4v) is 2.96. The van der Waals surface area contributed by atoms with E-state index in [9.17, 15) is 0 Å². The summed E-state index contributed by atoms with van der Waals surface area (Å²) in [5, 5.41) is 6.35. The Balaban J connectivity index is 1.68. The second kappa shape index (κ2) is 3.98. The van der Waals surface area contributed by atoms with Crippen LogP contribution in [0.1, 0.15) is 25.7 Å². The zero-order valence-electron chi connectivity index (χ0n) is 10.5. The van der Waals surface area contributed by atoms with E-state index < -0.39 is 0 Å². The fraction of sp³-hybridized carbons (Fsp3) is 0.438. The van der Waals surface area contributed by atoms with Crippen LogP contribution in [-0.4, -0.2) is 11.0 Å². The molecule has 2 saturated carbocycles. The number of rotatable bonds is 4. The van der Waals surface area contributed by atoms with Crippen LogP contribution in [0.3, 0.4) is 0 Å². The molecule has 1 N–H and O–H groups in total. The van der Waals surface area contributed by atoms with E-state index in [1.165, 1.54) is 42.1 Å². The first-order valence-electron chi connectivity index (χ1n) is 7.01. The predicted octanol–water partition coefficient (Wildman–Crippen LogP) is 3.84. The minimum absolute atomic E-state index is 0.712. The minimum atomic E-state index is 0.712. The maximum atomic E-state index is 4.20. The first-order chi connectivity index (χ1) is 8.92. The van der Waals surface area contributed by atoms with E-state index in [2.05, 4.69) is 34.6 Å². The van der Waals surface area contributed by atoms with Gasteiger partial charge in [0.1, 0.15) is 0 Å². The second-order valence-electron chi connectivity index (χ2n) is 5.75. The highest BCUT2D eigenvalue weighted by Crippen LogP contribution is 2.46. The zero-order chi connectivity index (χ0) is 11.9. The fourth-order valence-electron chi connectivity index (χ4n) is 2.96. The number of fused-ring (bicyclic) bond motifs is 1. The van der Waals surface area contributed by atoms with Gasteiger partial charge in [-0.3, -0.25) is 4.98 Å². The van der Waals surface area contributed by atoms with Gasteiger partial charge in [0.15, 0.2) is 0 Å². The second-order valence-corrected chi connectivity index (χ2v) is 5.75. The predicted molar refractivity (Wildman–Crippen MR) is 74.6 cm³/mol. The van der Waals surface area contributed by atoms with Crippen molar-refractivity contribution in [3.63, 3.8) is 0 Å². The summed E-state index contributed by atoms with van der Waals surface area (Å²) in [5.74, 6) is 1.85. The molecule has 2 fully saturated rings. The molecule has 2 aliphatic carbocycles. The van der Waals surface area contributed by atoms with Crippen molar-refractivity contribution in [3.05, 3.63) is 36.7 Å². The van der Waals surface area contributed by atoms with Crippen LogP contribution in [0.25, 0.3) is 10.8 Å². The van der Waals surface area contributed by atoms with Crippen molar-refractivity contribution >= 4 is 16.5 Å². The summed E-state index contributed by atoms with van der Waals surface area (Å²) in [4.78, 5) is 4.20. The molecule has 0 atom stereocenters. The lowest BCUT2D eigenvalue weighted by Crippen LogP contribution is -2.24. The van der Waals surface area contributed by atoms with Crippen molar-refractivity contribution in [1.29, 1.82) is 0 Å². The molecule has 0 aliphatic heterocycles. The van der Waals surface area contributed by atoms with E-state index in [0.717, 1.165) is 11.8 Å². The van der Waals surface area contributed by atoms with E-state index in [4.69, 9.17) is 0 Å². The van der Waals surface area contributed by atoms with Gasteiger partial charge in [-0.2, -0.15) is 0 Å². The quantitative estimate of drug-likeness (QED) is 0.875. The lowest BCUT2D eigenvalue weighted by atomic mass is 10.1. The van der Waals surface area contributed by atoms with Crippen LogP contribution in [0.5, 0.6) is 0 Å². The molecule has 1 aromatic carbocycles. The van der Waals surface area contributed by atoms with Crippen LogP contribution in [0.15, 0.2) is 36.7 Å². The summed E-state index contributed by atoms with van der Waals surface area (Å²) >= 11 is 0. The molecular formula is C16H18N2. The van der Waals surface area contributed by atoms with Crippen LogP contribution in [0, 0.1) is 11.8 Å². The Hall–Kier alpha value is -1.57. The Bertz CT molecular complexity index is 553. The molecule has 0 spiro atoms. The number of anilines is 1. The average molecular weight is 238 g/mol. The molecule has 2 aromatic rings. The summed E-state index contributed by atoms with van der Waals surface area (Å²) in [6.07, 6.45) is 9.50. The molecule has 0 unspecified atom stereocenters. The molecule has 1 aromatic heterocycles. The highest BCUT2D eigenvalue weighted by molar-refractivity contribution is 5.93. The van der Waals surface area contributed by atoms with E-state index >= 15 is 0 Å². The first-order valence-corrected chi connectivity index (χ1v) is 7.01. The van der Waals surface area contributed by atoms with E-state index in [1.807, 2.05) is 12.4 Å². The average Bonchev–Trinajstić information content (AvgIpc) is 3.29. The van der Waals surface area contributed by atoms with Crippen LogP contribution in [0.2, 0.25) is 0 Å². The van der Waals surface area contributed by atoms with Crippen molar-refractivity contribution < 1.29 is 0 Å². The van der Waals surface area contributed by atoms with Crippen LogP contribution >= 0.6 is 0 Å². The number of benzene rings is 1. The van der Waals surface area contributed by atoms with Crippen molar-refractivity contribution in [1.82, 2.24) is 4.98 Å². The number of pyridine rings is 1. The number of hydrogen-bond donors (Lipinski definition) is 1. The Morgan fingerprint density at radius 2 is 1.83 bits per heavy atom. The smallest absolute Gasteiger partial charge is 0.0423 e. The minimum Gasteiger partial charge on any atom is -0.381 e. The van der Waals surface area contributed by atoms with Gasteiger partial charge in [-0.15, -0.1) is 0 Å². The van der Waals surface area contributed by atoms with Gasteiger partial charge in [-0.25, -0.2) is 0 Å². The van der Waals surface area contributed by atoms with Crippen molar-refractivity contribution in [2.45, 2.75) is 31.7 Å². The van der Waals surface area contributed by atoms with Crippen molar-refractivity contribution in [2.75, 3.05) is 5.32 Å². The van der Waals surface area contributed by atoms with Gasteiger partial charge in [-0.1, -0.05) is 12.1 Å². The standard InChI is InChI=1S/C16H18N2/c1-2-13-10-17-9-8-14(13)15(3-1)18-16(11-4-5-11)12-6-7-12/h1-3,8-12,16,18H,4-7H2. The van der Waals surface area contributed by atoms with Crippen molar-refractivity contribution in [3.8, 4) is 0 Å². The van der Waals surface area contributed by atoms with E-state index in [0.29, 0.717) is 6.04 Å². The third kappa shape index (κ3) is 1.86. The molecule has 2 heteroatoms. The largest absolute Gasteiger partial charge is 0.381 e. The van der Waals surface area contributed by atoms with Gasteiger partial charge in [0.05, 0.1) is 0 Å². The Labute approximate surface area is 107 Å². The third-order valence-corrected chi connectivity index (χ3v) is 4.26. The van der Waals surface area contributed by atoms with E-state index in [-0.39, 0.29) is 0 Å². The summed E-state index contributed by atoms with van der Waals surface area (Å²) in [7, 11) is 0. The van der Waals surface area contributed by atoms with Crippen LogP contribution < -0.4 is 5.32 Å². The monoisotopic (exact) mass is 238 g/mol. The maximum absolute atomic E-state index is 4.20. The number of hydrogen-bond acceptors (Lipinski definition) is 2. The molecule has 92 valence electrons. The Kier molecular flexibility index (Phi) is 2.29. The van der Waals surface area contributed by atoms with Gasteiger partial charge in [0.25, 0.3) is 0 Å². The molecule has 4 rings (SSSR count).